The maximum atomic E-state index is 15.6. The van der Waals surface area contributed by atoms with Crippen LogP contribution in [-0.2, 0) is 15.6 Å². The van der Waals surface area contributed by atoms with Crippen LogP contribution in [0, 0.1) is 25.5 Å². The average Bonchev–Trinajstić information content (AvgIpc) is 3.31. The second-order valence-corrected chi connectivity index (χ2v) is 10.5. The van der Waals surface area contributed by atoms with Gasteiger partial charge in [0.25, 0.3) is 0 Å². The summed E-state index contributed by atoms with van der Waals surface area (Å²) >= 11 is 0. The first kappa shape index (κ1) is 20.6. The lowest BCUT2D eigenvalue weighted by atomic mass is 9.91. The summed E-state index contributed by atoms with van der Waals surface area (Å²) in [5.41, 5.74) is 1.08. The van der Waals surface area contributed by atoms with Crippen LogP contribution in [0.4, 0.5) is 14.5 Å². The predicted molar refractivity (Wildman–Crippen MR) is 119 cm³/mol. The van der Waals surface area contributed by atoms with E-state index in [2.05, 4.69) is 15.5 Å². The molecule has 1 aliphatic heterocycles. The lowest BCUT2D eigenvalue weighted by Gasteiger charge is -2.35. The van der Waals surface area contributed by atoms with E-state index in [4.69, 9.17) is 0 Å². The van der Waals surface area contributed by atoms with E-state index in [0.717, 1.165) is 10.2 Å². The van der Waals surface area contributed by atoms with E-state index < -0.39 is 27.2 Å². The second kappa shape index (κ2) is 6.38. The van der Waals surface area contributed by atoms with Crippen LogP contribution >= 0.6 is 0 Å². The van der Waals surface area contributed by atoms with Gasteiger partial charge >= 0.3 is 0 Å². The third-order valence-corrected chi connectivity index (χ3v) is 7.00. The maximum Gasteiger partial charge on any atom is 0.236 e. The molecule has 5 rings (SSSR count). The van der Waals surface area contributed by atoms with Gasteiger partial charge in [-0.1, -0.05) is 12.1 Å². The molecule has 1 aliphatic rings. The number of rotatable bonds is 2. The van der Waals surface area contributed by atoms with Gasteiger partial charge in [0.1, 0.15) is 5.82 Å². The monoisotopic (exact) mass is 457 g/mol. The van der Waals surface area contributed by atoms with Crippen LogP contribution in [0.5, 0.6) is 0 Å². The number of hydrogen-bond donors (Lipinski definition) is 1. The zero-order valence-electron chi connectivity index (χ0n) is 18.2. The van der Waals surface area contributed by atoms with Crippen molar-refractivity contribution in [1.29, 1.82) is 0 Å². The number of nitrogens with one attached hydrogen (secondary N) is 1. The first-order chi connectivity index (χ1) is 14.9. The molecule has 2 aromatic carbocycles. The van der Waals surface area contributed by atoms with Gasteiger partial charge in [-0.05, 0) is 51.0 Å². The van der Waals surface area contributed by atoms with Crippen LogP contribution in [0.1, 0.15) is 31.1 Å². The Morgan fingerprint density at radius 2 is 1.78 bits per heavy atom. The van der Waals surface area contributed by atoms with Crippen molar-refractivity contribution in [3.63, 3.8) is 0 Å². The van der Waals surface area contributed by atoms with E-state index in [1.165, 1.54) is 6.20 Å². The molecule has 0 spiro atoms. The standard InChI is InChI=1S/C22H21F2N5O2S/c1-11-16(14-7-6-8-15-13(14)9-10-28(15)32(5,30)31)17(23)18(24)19-20(11)29-12(2)26-27-21(29)22(3,4)25-19/h6-10,25H,1-5H3. The van der Waals surface area contributed by atoms with Crippen molar-refractivity contribution in [3.05, 3.63) is 59.3 Å². The van der Waals surface area contributed by atoms with Crippen LogP contribution in [0.3, 0.4) is 0 Å². The molecule has 0 saturated carbocycles. The maximum absolute atomic E-state index is 15.6. The third-order valence-electron chi connectivity index (χ3n) is 5.97. The van der Waals surface area contributed by atoms with E-state index in [1.54, 1.807) is 42.7 Å². The van der Waals surface area contributed by atoms with E-state index in [9.17, 15) is 8.42 Å². The number of fused-ring (bicyclic) bond motifs is 4. The van der Waals surface area contributed by atoms with Gasteiger partial charge in [0.05, 0.1) is 28.7 Å². The first-order valence-electron chi connectivity index (χ1n) is 9.97. The zero-order chi connectivity index (χ0) is 23.2. The largest absolute Gasteiger partial charge is 0.369 e. The van der Waals surface area contributed by atoms with Crippen molar-refractivity contribution in [2.75, 3.05) is 11.6 Å². The average molecular weight is 458 g/mol. The second-order valence-electron chi connectivity index (χ2n) is 8.62. The Labute approximate surface area is 183 Å². The summed E-state index contributed by atoms with van der Waals surface area (Å²) in [7, 11) is -3.56. The Morgan fingerprint density at radius 3 is 2.47 bits per heavy atom. The van der Waals surface area contributed by atoms with Crippen molar-refractivity contribution in [1.82, 2.24) is 18.7 Å². The molecule has 0 amide bonds. The highest BCUT2D eigenvalue weighted by molar-refractivity contribution is 7.89. The van der Waals surface area contributed by atoms with Crippen LogP contribution in [0.2, 0.25) is 0 Å². The number of anilines is 1. The molecule has 2 aromatic heterocycles. The zero-order valence-corrected chi connectivity index (χ0v) is 19.0. The van der Waals surface area contributed by atoms with Crippen LogP contribution < -0.4 is 5.32 Å². The van der Waals surface area contributed by atoms with Crippen molar-refractivity contribution >= 4 is 26.6 Å². The molecule has 0 fully saturated rings. The van der Waals surface area contributed by atoms with Gasteiger partial charge in [-0.15, -0.1) is 10.2 Å². The lowest BCUT2D eigenvalue weighted by molar-refractivity contribution is 0.488. The highest BCUT2D eigenvalue weighted by Gasteiger charge is 2.38. The fourth-order valence-corrected chi connectivity index (χ4v) is 5.36. The van der Waals surface area contributed by atoms with Crippen molar-refractivity contribution in [3.8, 4) is 16.8 Å². The summed E-state index contributed by atoms with van der Waals surface area (Å²) in [6, 6.07) is 6.52. The molecule has 0 bridgehead atoms. The fraction of sp³-hybridized carbons (Fsp3) is 0.273. The van der Waals surface area contributed by atoms with Crippen molar-refractivity contribution in [2.45, 2.75) is 33.2 Å². The summed E-state index contributed by atoms with van der Waals surface area (Å²) in [4.78, 5) is 0. The van der Waals surface area contributed by atoms with Gasteiger partial charge in [0.2, 0.25) is 10.0 Å². The van der Waals surface area contributed by atoms with Crippen LogP contribution in [0.25, 0.3) is 27.7 Å². The Bertz CT molecular complexity index is 1550. The van der Waals surface area contributed by atoms with Crippen molar-refractivity contribution in [2.24, 2.45) is 0 Å². The minimum Gasteiger partial charge on any atom is -0.369 e. The highest BCUT2D eigenvalue weighted by atomic mass is 32.2. The SMILES string of the molecule is Cc1c(-c2cccc3c2ccn3S(C)(=O)=O)c(F)c(F)c2c1-n1c(C)nnc1C(C)(C)N2. The summed E-state index contributed by atoms with van der Waals surface area (Å²) in [6.07, 6.45) is 2.50. The number of halogens is 2. The molecular weight excluding hydrogens is 436 g/mol. The van der Waals surface area contributed by atoms with Gasteiger partial charge in [0, 0.05) is 17.1 Å². The Kier molecular flexibility index (Phi) is 4.11. The summed E-state index contributed by atoms with van der Waals surface area (Å²) in [6.45, 7) is 7.12. The Morgan fingerprint density at radius 1 is 1.06 bits per heavy atom. The number of hydrogen-bond acceptors (Lipinski definition) is 5. The molecule has 0 radical (unpaired) electrons. The number of nitrogens with zero attached hydrogens (tertiary/aromatic N) is 4. The van der Waals surface area contributed by atoms with Gasteiger partial charge in [-0.3, -0.25) is 4.57 Å². The highest BCUT2D eigenvalue weighted by Crippen LogP contribution is 2.45. The van der Waals surface area contributed by atoms with E-state index in [1.807, 2.05) is 13.8 Å². The lowest BCUT2D eigenvalue weighted by Crippen LogP contribution is -2.37. The summed E-state index contributed by atoms with van der Waals surface area (Å²) in [5.74, 6) is -0.869. The van der Waals surface area contributed by atoms with Gasteiger partial charge in [0.15, 0.2) is 17.5 Å². The molecule has 0 saturated heterocycles. The molecule has 0 atom stereocenters. The molecule has 0 unspecified atom stereocenters. The molecule has 4 aromatic rings. The quantitative estimate of drug-likeness (QED) is 0.487. The van der Waals surface area contributed by atoms with Gasteiger partial charge < -0.3 is 5.32 Å². The first-order valence-corrected chi connectivity index (χ1v) is 11.8. The Balaban J connectivity index is 1.89. The smallest absolute Gasteiger partial charge is 0.236 e. The Hall–Kier alpha value is -3.27. The fourth-order valence-electron chi connectivity index (χ4n) is 4.56. The topological polar surface area (TPSA) is 81.8 Å². The number of benzene rings is 2. The number of aromatic nitrogens is 4. The molecule has 0 aliphatic carbocycles. The van der Waals surface area contributed by atoms with Gasteiger partial charge in [-0.2, -0.15) is 0 Å². The molecule has 1 N–H and O–H groups in total. The van der Waals surface area contributed by atoms with E-state index in [0.29, 0.717) is 39.4 Å². The van der Waals surface area contributed by atoms with E-state index >= 15 is 8.78 Å². The molecule has 10 heteroatoms. The normalized spacial score (nSPS) is 14.8. The molecule has 7 nitrogen and oxygen atoms in total. The number of aryl methyl sites for hydroxylation is 1. The molecule has 166 valence electrons. The minimum absolute atomic E-state index is 0.0463. The van der Waals surface area contributed by atoms with Crippen LogP contribution in [-0.4, -0.2) is 33.4 Å². The molecule has 3 heterocycles. The van der Waals surface area contributed by atoms with Gasteiger partial charge in [-0.25, -0.2) is 21.2 Å². The van der Waals surface area contributed by atoms with E-state index in [-0.39, 0.29) is 11.3 Å². The van der Waals surface area contributed by atoms with Crippen molar-refractivity contribution < 1.29 is 17.2 Å². The summed E-state index contributed by atoms with van der Waals surface area (Å²) in [5, 5.41) is 12.0. The molecule has 32 heavy (non-hydrogen) atoms. The molecular formula is C22H21F2N5O2S. The minimum atomic E-state index is -3.56. The van der Waals surface area contributed by atoms with Crippen LogP contribution in [0.15, 0.2) is 30.5 Å². The summed E-state index contributed by atoms with van der Waals surface area (Å²) < 4.78 is 58.2. The third kappa shape index (κ3) is 2.65. The predicted octanol–water partition coefficient (Wildman–Crippen LogP) is 4.25.